The number of amides is 2. The fourth-order valence-electron chi connectivity index (χ4n) is 1.82. The first-order valence-electron chi connectivity index (χ1n) is 7.91. The molecule has 0 radical (unpaired) electrons. The predicted molar refractivity (Wildman–Crippen MR) is 109 cm³/mol. The zero-order valence-electron chi connectivity index (χ0n) is 14.9. The molecular formula is C17H20Cl2N4O2S. The summed E-state index contributed by atoms with van der Waals surface area (Å²) >= 11 is 13.0. The molecule has 0 spiro atoms. The van der Waals surface area contributed by atoms with Gasteiger partial charge in [-0.25, -0.2) is 0 Å². The van der Waals surface area contributed by atoms with E-state index in [1.807, 2.05) is 27.7 Å². The van der Waals surface area contributed by atoms with E-state index >= 15 is 0 Å². The highest BCUT2D eigenvalue weighted by molar-refractivity contribution is 8.15. The van der Waals surface area contributed by atoms with Crippen molar-refractivity contribution in [3.05, 3.63) is 28.2 Å². The largest absolute Gasteiger partial charge is 0.325 e. The number of rotatable bonds is 4. The maximum atomic E-state index is 12.2. The van der Waals surface area contributed by atoms with E-state index in [9.17, 15) is 9.59 Å². The van der Waals surface area contributed by atoms with E-state index in [1.165, 1.54) is 17.8 Å². The maximum absolute atomic E-state index is 12.2. The minimum absolute atomic E-state index is 0.00353. The molecule has 9 heteroatoms. The second-order valence-corrected chi connectivity index (χ2v) is 8.85. The normalized spacial score (nSPS) is 19.6. The molecule has 1 aliphatic rings. The Kier molecular flexibility index (Phi) is 6.71. The molecule has 26 heavy (non-hydrogen) atoms. The summed E-state index contributed by atoms with van der Waals surface area (Å²) in [4.78, 5) is 24.2. The average Bonchev–Trinajstić information content (AvgIpc) is 2.86. The summed E-state index contributed by atoms with van der Waals surface area (Å²) in [6.07, 6.45) is -0.00353. The van der Waals surface area contributed by atoms with Gasteiger partial charge in [-0.1, -0.05) is 55.7 Å². The van der Waals surface area contributed by atoms with Gasteiger partial charge in [-0.15, -0.1) is 5.10 Å². The van der Waals surface area contributed by atoms with Gasteiger partial charge in [-0.2, -0.15) is 5.10 Å². The Balaban J connectivity index is 1.98. The third kappa shape index (κ3) is 5.72. The van der Waals surface area contributed by atoms with Crippen molar-refractivity contribution in [1.82, 2.24) is 5.32 Å². The Bertz CT molecular complexity index is 787. The minimum Gasteiger partial charge on any atom is -0.325 e. The molecule has 0 saturated carbocycles. The lowest BCUT2D eigenvalue weighted by molar-refractivity contribution is -0.122. The fraction of sp³-hybridized carbons (Fsp3) is 0.412. The quantitative estimate of drug-likeness (QED) is 0.567. The summed E-state index contributed by atoms with van der Waals surface area (Å²) in [5.74, 6) is -0.591. The van der Waals surface area contributed by atoms with Crippen LogP contribution in [0.2, 0.25) is 10.0 Å². The Morgan fingerprint density at radius 2 is 2.04 bits per heavy atom. The predicted octanol–water partition coefficient (Wildman–Crippen LogP) is 4.33. The molecule has 2 rings (SSSR count). The van der Waals surface area contributed by atoms with Gasteiger partial charge in [-0.3, -0.25) is 9.59 Å². The zero-order valence-corrected chi connectivity index (χ0v) is 17.2. The Labute approximate surface area is 166 Å². The van der Waals surface area contributed by atoms with E-state index in [2.05, 4.69) is 20.8 Å². The summed E-state index contributed by atoms with van der Waals surface area (Å²) in [5.41, 5.74) is 1.19. The van der Waals surface area contributed by atoms with Gasteiger partial charge in [0.1, 0.15) is 5.25 Å². The van der Waals surface area contributed by atoms with Crippen LogP contribution >= 0.6 is 35.0 Å². The lowest BCUT2D eigenvalue weighted by Gasteiger charge is -2.16. The van der Waals surface area contributed by atoms with Crippen LogP contribution in [0, 0.1) is 5.41 Å². The molecule has 1 aromatic carbocycles. The van der Waals surface area contributed by atoms with Gasteiger partial charge in [0, 0.05) is 22.6 Å². The molecule has 1 saturated heterocycles. The average molecular weight is 415 g/mol. The molecule has 1 unspecified atom stereocenters. The number of carbonyl (C=O) groups excluding carboxylic acids is 2. The second-order valence-electron chi connectivity index (χ2n) is 6.81. The van der Waals surface area contributed by atoms with Crippen LogP contribution in [0.4, 0.5) is 5.69 Å². The fourth-order valence-corrected chi connectivity index (χ4v) is 3.19. The molecule has 0 aromatic heterocycles. The van der Waals surface area contributed by atoms with Gasteiger partial charge in [0.15, 0.2) is 5.17 Å². The third-order valence-corrected chi connectivity index (χ3v) is 5.35. The number of anilines is 1. The van der Waals surface area contributed by atoms with Crippen LogP contribution in [0.25, 0.3) is 0 Å². The van der Waals surface area contributed by atoms with Crippen LogP contribution in [0.5, 0.6) is 0 Å². The summed E-state index contributed by atoms with van der Waals surface area (Å²) < 4.78 is 0. The van der Waals surface area contributed by atoms with E-state index in [4.69, 9.17) is 23.2 Å². The molecule has 1 heterocycles. The molecule has 6 nitrogen and oxygen atoms in total. The lowest BCUT2D eigenvalue weighted by atomic mass is 9.91. The van der Waals surface area contributed by atoms with Gasteiger partial charge < -0.3 is 10.6 Å². The number of nitrogens with one attached hydrogen (secondary N) is 2. The van der Waals surface area contributed by atoms with Gasteiger partial charge in [0.05, 0.1) is 10.7 Å². The van der Waals surface area contributed by atoms with Gasteiger partial charge >= 0.3 is 0 Å². The second kappa shape index (κ2) is 8.41. The van der Waals surface area contributed by atoms with Crippen molar-refractivity contribution in [3.63, 3.8) is 0 Å². The van der Waals surface area contributed by atoms with Gasteiger partial charge in [0.25, 0.3) is 0 Å². The van der Waals surface area contributed by atoms with Crippen LogP contribution in [-0.2, 0) is 9.59 Å². The van der Waals surface area contributed by atoms with Crippen molar-refractivity contribution in [2.24, 2.45) is 15.6 Å². The monoisotopic (exact) mass is 414 g/mol. The van der Waals surface area contributed by atoms with Crippen molar-refractivity contribution in [2.75, 3.05) is 5.32 Å². The molecule has 1 aliphatic heterocycles. The van der Waals surface area contributed by atoms with E-state index in [1.54, 1.807) is 12.1 Å². The highest BCUT2D eigenvalue weighted by Crippen LogP contribution is 2.27. The smallest absolute Gasteiger partial charge is 0.240 e. The topological polar surface area (TPSA) is 82.9 Å². The number of hydrogen-bond donors (Lipinski definition) is 2. The molecule has 1 fully saturated rings. The third-order valence-electron chi connectivity index (χ3n) is 3.73. The molecule has 140 valence electrons. The molecule has 2 amide bonds. The zero-order chi connectivity index (χ0) is 19.5. The van der Waals surface area contributed by atoms with Crippen molar-refractivity contribution in [2.45, 2.75) is 39.4 Å². The standard InChI is InChI=1S/C17H20Cl2N4O2S/c1-9(17(2,3)4)22-23-16-21-15(25)13(26-16)8-14(24)20-12-6-5-10(18)7-11(12)19/h5-7,13H,8H2,1-4H3,(H,20,24)(H,21,23,25)/b22-9-. The van der Waals surface area contributed by atoms with Crippen LogP contribution < -0.4 is 10.6 Å². The van der Waals surface area contributed by atoms with E-state index in [0.29, 0.717) is 20.9 Å². The van der Waals surface area contributed by atoms with E-state index in [0.717, 1.165) is 5.71 Å². The van der Waals surface area contributed by atoms with Crippen LogP contribution in [0.3, 0.4) is 0 Å². The summed E-state index contributed by atoms with van der Waals surface area (Å²) in [7, 11) is 0. The first kappa shape index (κ1) is 20.7. The van der Waals surface area contributed by atoms with Gasteiger partial charge in [0.2, 0.25) is 11.8 Å². The molecule has 1 aromatic rings. The summed E-state index contributed by atoms with van der Waals surface area (Å²) in [5, 5.41) is 14.2. The maximum Gasteiger partial charge on any atom is 0.240 e. The minimum atomic E-state index is -0.565. The number of carbonyl (C=O) groups is 2. The van der Waals surface area contributed by atoms with Crippen molar-refractivity contribution in [1.29, 1.82) is 0 Å². The van der Waals surface area contributed by atoms with E-state index < -0.39 is 5.25 Å². The van der Waals surface area contributed by atoms with Gasteiger partial charge in [-0.05, 0) is 25.1 Å². The number of hydrogen-bond acceptors (Lipinski definition) is 5. The summed E-state index contributed by atoms with van der Waals surface area (Å²) in [6, 6.07) is 4.78. The SMILES string of the molecule is C/C(=N/N=C1\NC(=O)C(CC(=O)Nc2ccc(Cl)cc2Cl)S1)C(C)(C)C. The highest BCUT2D eigenvalue weighted by atomic mass is 35.5. The molecule has 1 atom stereocenters. The Morgan fingerprint density at radius 3 is 2.65 bits per heavy atom. The number of thioether (sulfide) groups is 1. The highest BCUT2D eigenvalue weighted by Gasteiger charge is 2.32. The molecule has 0 aliphatic carbocycles. The molecule has 0 bridgehead atoms. The lowest BCUT2D eigenvalue weighted by Crippen LogP contribution is -2.28. The van der Waals surface area contributed by atoms with Crippen LogP contribution in [0.15, 0.2) is 28.4 Å². The first-order chi connectivity index (χ1) is 12.1. The first-order valence-corrected chi connectivity index (χ1v) is 9.55. The van der Waals surface area contributed by atoms with Crippen LogP contribution in [0.1, 0.15) is 34.1 Å². The number of amidine groups is 1. The van der Waals surface area contributed by atoms with Crippen molar-refractivity contribution in [3.8, 4) is 0 Å². The molecule has 2 N–H and O–H groups in total. The number of halogens is 2. The van der Waals surface area contributed by atoms with E-state index in [-0.39, 0.29) is 23.7 Å². The molecular weight excluding hydrogens is 395 g/mol. The summed E-state index contributed by atoms with van der Waals surface area (Å²) in [6.45, 7) is 7.97. The van der Waals surface area contributed by atoms with Crippen molar-refractivity contribution < 1.29 is 9.59 Å². The van der Waals surface area contributed by atoms with Crippen molar-refractivity contribution >= 4 is 63.3 Å². The Hall–Kier alpha value is -1.57. The number of nitrogens with zero attached hydrogens (tertiary/aromatic N) is 2. The Morgan fingerprint density at radius 1 is 1.35 bits per heavy atom. The number of benzene rings is 1. The van der Waals surface area contributed by atoms with Crippen LogP contribution in [-0.4, -0.2) is 27.9 Å².